The van der Waals surface area contributed by atoms with Crippen molar-refractivity contribution in [2.75, 3.05) is 6.61 Å². The molecule has 3 rings (SSSR count). The van der Waals surface area contributed by atoms with Gasteiger partial charge in [0.05, 0.1) is 6.61 Å². The second-order valence-corrected chi connectivity index (χ2v) is 7.39. The molecule has 1 aliphatic rings. The van der Waals surface area contributed by atoms with Crippen LogP contribution in [0.2, 0.25) is 0 Å². The summed E-state index contributed by atoms with van der Waals surface area (Å²) in [4.78, 5) is 12.9. The van der Waals surface area contributed by atoms with Gasteiger partial charge in [0, 0.05) is 6.07 Å². The first-order chi connectivity index (χ1) is 16.0. The monoisotopic (exact) mass is 482 g/mol. The van der Waals surface area contributed by atoms with Crippen LogP contribution in [-0.4, -0.2) is 94.2 Å². The fourth-order valence-electron chi connectivity index (χ4n) is 3.22. The van der Waals surface area contributed by atoms with Gasteiger partial charge >= 0.3 is 0 Å². The van der Waals surface area contributed by atoms with Gasteiger partial charge in [-0.25, -0.2) is 0 Å². The van der Waals surface area contributed by atoms with Crippen LogP contribution in [-0.2, 0) is 4.74 Å². The van der Waals surface area contributed by atoms with Gasteiger partial charge in [0.15, 0.2) is 28.8 Å². The zero-order valence-corrected chi connectivity index (χ0v) is 17.2. The number of hydrogen-bond acceptors (Lipinski definition) is 13. The molecule has 1 aliphatic heterocycles. The molecule has 0 aliphatic carbocycles. The minimum Gasteiger partial charge on any atom is -0.507 e. The first kappa shape index (κ1) is 24.9. The Kier molecular flexibility index (Phi) is 7.04. The molecule has 1 saturated heterocycles. The van der Waals surface area contributed by atoms with Gasteiger partial charge in [-0.2, -0.15) is 0 Å². The SMILES string of the molecule is O=C(/C(O)=C/c1ccc(O)c(O)c1)c1c(O)cc(O)c(O)c1O[C@@H]1O[C@H](CO)[C@@H](O)[C@@H](O)[C@H]1O. The van der Waals surface area contributed by atoms with Crippen LogP contribution in [0.15, 0.2) is 30.0 Å². The van der Waals surface area contributed by atoms with Crippen molar-refractivity contribution >= 4 is 11.9 Å². The number of Topliss-reactive ketones (excluding diaryl/α,β-unsaturated/α-hetero) is 1. The van der Waals surface area contributed by atoms with Crippen molar-refractivity contribution in [1.29, 1.82) is 0 Å². The summed E-state index contributed by atoms with van der Waals surface area (Å²) < 4.78 is 10.4. The summed E-state index contributed by atoms with van der Waals surface area (Å²) in [5.41, 5.74) is -0.830. The van der Waals surface area contributed by atoms with Gasteiger partial charge in [0.1, 0.15) is 35.7 Å². The lowest BCUT2D eigenvalue weighted by Gasteiger charge is -2.39. The van der Waals surface area contributed by atoms with Crippen LogP contribution in [0.3, 0.4) is 0 Å². The van der Waals surface area contributed by atoms with Crippen LogP contribution in [0.4, 0.5) is 0 Å². The molecule has 0 aromatic heterocycles. The highest BCUT2D eigenvalue weighted by molar-refractivity contribution is 6.13. The van der Waals surface area contributed by atoms with Crippen molar-refractivity contribution in [1.82, 2.24) is 0 Å². The molecule has 184 valence electrons. The van der Waals surface area contributed by atoms with Gasteiger partial charge in [0.2, 0.25) is 17.8 Å². The maximum Gasteiger partial charge on any atom is 0.234 e. The highest BCUT2D eigenvalue weighted by atomic mass is 16.7. The normalized spacial score (nSPS) is 25.2. The maximum atomic E-state index is 12.9. The van der Waals surface area contributed by atoms with Crippen LogP contribution >= 0.6 is 0 Å². The lowest BCUT2D eigenvalue weighted by Crippen LogP contribution is -2.60. The number of aliphatic hydroxyl groups excluding tert-OH is 5. The van der Waals surface area contributed by atoms with Gasteiger partial charge in [-0.3, -0.25) is 4.79 Å². The molecule has 1 fully saturated rings. The van der Waals surface area contributed by atoms with Crippen molar-refractivity contribution in [3.8, 4) is 34.5 Å². The van der Waals surface area contributed by atoms with Crippen LogP contribution in [0.25, 0.3) is 6.08 Å². The Bertz CT molecular complexity index is 1110. The summed E-state index contributed by atoms with van der Waals surface area (Å²) in [7, 11) is 0. The summed E-state index contributed by atoms with van der Waals surface area (Å²) in [6.07, 6.45) is -8.05. The largest absolute Gasteiger partial charge is 0.507 e. The van der Waals surface area contributed by atoms with Crippen LogP contribution in [0.1, 0.15) is 15.9 Å². The molecule has 34 heavy (non-hydrogen) atoms. The highest BCUT2D eigenvalue weighted by Crippen LogP contribution is 2.45. The molecule has 0 saturated carbocycles. The van der Waals surface area contributed by atoms with E-state index in [4.69, 9.17) is 9.47 Å². The minimum atomic E-state index is -1.96. The standard InChI is InChI=1S/C21H22O13/c22-6-13-17(30)18(31)19(32)21(33-13)34-20-14(10(25)5-12(27)16(20)29)15(28)11(26)4-7-1-2-8(23)9(24)3-7/h1-5,13,17-19,21-27,29-32H,6H2/b11-4-/t13-,17-,18-,19-,21+/m1/s1. The van der Waals surface area contributed by atoms with Crippen LogP contribution in [0.5, 0.6) is 34.5 Å². The molecule has 10 N–H and O–H groups in total. The molecule has 0 spiro atoms. The Morgan fingerprint density at radius 3 is 2.21 bits per heavy atom. The summed E-state index contributed by atoms with van der Waals surface area (Å²) in [6, 6.07) is 3.90. The Morgan fingerprint density at radius 1 is 0.912 bits per heavy atom. The van der Waals surface area contributed by atoms with Crippen molar-refractivity contribution in [2.24, 2.45) is 0 Å². The first-order valence-corrected chi connectivity index (χ1v) is 9.68. The van der Waals surface area contributed by atoms with E-state index >= 15 is 0 Å². The average Bonchev–Trinajstić information content (AvgIpc) is 2.79. The highest BCUT2D eigenvalue weighted by Gasteiger charge is 2.45. The molecule has 13 nitrogen and oxygen atoms in total. The number of aliphatic hydroxyl groups is 5. The first-order valence-electron chi connectivity index (χ1n) is 9.68. The van der Waals surface area contributed by atoms with Gasteiger partial charge in [-0.1, -0.05) is 6.07 Å². The Balaban J connectivity index is 2.02. The van der Waals surface area contributed by atoms with E-state index in [9.17, 15) is 55.9 Å². The number of hydrogen-bond donors (Lipinski definition) is 10. The third-order valence-corrected chi connectivity index (χ3v) is 5.06. The molecule has 2 aromatic rings. The molecular weight excluding hydrogens is 460 g/mol. The van der Waals surface area contributed by atoms with E-state index in [1.54, 1.807) is 0 Å². The number of benzene rings is 2. The van der Waals surface area contributed by atoms with E-state index in [-0.39, 0.29) is 5.56 Å². The van der Waals surface area contributed by atoms with E-state index in [1.165, 1.54) is 6.07 Å². The molecule has 0 bridgehead atoms. The topological polar surface area (TPSA) is 238 Å². The second kappa shape index (κ2) is 9.62. The zero-order valence-electron chi connectivity index (χ0n) is 17.2. The molecule has 13 heteroatoms. The van der Waals surface area contributed by atoms with Crippen LogP contribution in [0, 0.1) is 0 Å². The molecule has 2 aromatic carbocycles. The number of phenols is 5. The number of ether oxygens (including phenoxy) is 2. The van der Waals surface area contributed by atoms with Gasteiger partial charge in [-0.05, 0) is 23.8 Å². The quantitative estimate of drug-likeness (QED) is 0.0796. The number of aromatic hydroxyl groups is 5. The fourth-order valence-corrected chi connectivity index (χ4v) is 3.22. The summed E-state index contributed by atoms with van der Waals surface area (Å²) >= 11 is 0. The van der Waals surface area contributed by atoms with Crippen molar-refractivity contribution in [3.05, 3.63) is 41.2 Å². The van der Waals surface area contributed by atoms with Crippen LogP contribution < -0.4 is 4.74 Å². The second-order valence-electron chi connectivity index (χ2n) is 7.39. The van der Waals surface area contributed by atoms with E-state index in [2.05, 4.69) is 0 Å². The third kappa shape index (κ3) is 4.64. The molecule has 0 amide bonds. The average molecular weight is 482 g/mol. The lowest BCUT2D eigenvalue weighted by atomic mass is 9.99. The van der Waals surface area contributed by atoms with E-state index in [0.717, 1.165) is 18.2 Å². The predicted octanol–water partition coefficient (Wildman–Crippen LogP) is -0.825. The van der Waals surface area contributed by atoms with Gasteiger partial charge < -0.3 is 60.5 Å². The molecule has 0 radical (unpaired) electrons. The van der Waals surface area contributed by atoms with E-state index < -0.39 is 88.9 Å². The molecule has 1 heterocycles. The minimum absolute atomic E-state index is 0.0556. The summed E-state index contributed by atoms with van der Waals surface area (Å²) in [6.45, 7) is -0.809. The van der Waals surface area contributed by atoms with Crippen molar-refractivity contribution < 1.29 is 65.3 Å². The Hall–Kier alpha value is -3.75. The number of carbonyl (C=O) groups excluding carboxylic acids is 1. The Labute approximate surface area is 190 Å². The number of phenolic OH excluding ortho intramolecular Hbond substituents is 5. The van der Waals surface area contributed by atoms with Gasteiger partial charge in [0.25, 0.3) is 0 Å². The van der Waals surface area contributed by atoms with Gasteiger partial charge in [-0.15, -0.1) is 0 Å². The number of allylic oxidation sites excluding steroid dienone is 1. The fraction of sp³-hybridized carbons (Fsp3) is 0.286. The smallest absolute Gasteiger partial charge is 0.234 e. The summed E-state index contributed by atoms with van der Waals surface area (Å²) in [5.74, 6) is -7.38. The molecule has 0 unspecified atom stereocenters. The lowest BCUT2D eigenvalue weighted by molar-refractivity contribution is -0.277. The zero-order chi connectivity index (χ0) is 25.3. The number of rotatable bonds is 6. The maximum absolute atomic E-state index is 12.9. The summed E-state index contributed by atoms with van der Waals surface area (Å²) in [5, 5.41) is 98.7. The third-order valence-electron chi connectivity index (χ3n) is 5.06. The number of ketones is 1. The van der Waals surface area contributed by atoms with Crippen molar-refractivity contribution in [2.45, 2.75) is 30.7 Å². The molecular formula is C21H22O13. The Morgan fingerprint density at radius 2 is 1.59 bits per heavy atom. The number of carbonyl (C=O) groups is 1. The molecule has 5 atom stereocenters. The van der Waals surface area contributed by atoms with E-state index in [1.807, 2.05) is 0 Å². The predicted molar refractivity (Wildman–Crippen MR) is 111 cm³/mol. The van der Waals surface area contributed by atoms with Crippen molar-refractivity contribution in [3.63, 3.8) is 0 Å². The van der Waals surface area contributed by atoms with E-state index in [0.29, 0.717) is 6.07 Å².